The Kier molecular flexibility index (Phi) is 7.98. The van der Waals surface area contributed by atoms with Gasteiger partial charge in [-0.15, -0.1) is 0 Å². The molecule has 0 aliphatic carbocycles. The van der Waals surface area contributed by atoms with Gasteiger partial charge in [0.05, 0.1) is 18.1 Å². The first-order valence-corrected chi connectivity index (χ1v) is 14.1. The van der Waals surface area contributed by atoms with E-state index in [0.717, 1.165) is 32.4 Å². The van der Waals surface area contributed by atoms with Crippen molar-refractivity contribution in [1.29, 1.82) is 0 Å². The monoisotopic (exact) mass is 493 g/mol. The molecule has 0 aromatic heterocycles. The van der Waals surface area contributed by atoms with Crippen LogP contribution in [-0.4, -0.2) is 105 Å². The molecule has 3 fully saturated rings. The van der Waals surface area contributed by atoms with E-state index in [1.807, 2.05) is 11.8 Å². The normalized spacial score (nSPS) is 23.0. The first-order chi connectivity index (χ1) is 16.4. The minimum Gasteiger partial charge on any atom is -0.490 e. The van der Waals surface area contributed by atoms with Gasteiger partial charge < -0.3 is 19.3 Å². The standard InChI is InChI=1S/C24H35N3O6S/c1-2-32-22-16-19(6-7-21(22)33-17-23(28)26-9-4-3-5-10-26)24(29)27-13-11-25(12-14-27)20-8-15-34(30,31)18-20/h6-7,16,20H,2-5,8-15,17-18H2,1H3/t20-/m1/s1. The van der Waals surface area contributed by atoms with Crippen LogP contribution in [0.25, 0.3) is 0 Å². The van der Waals surface area contributed by atoms with Gasteiger partial charge in [-0.2, -0.15) is 0 Å². The number of piperazine rings is 1. The number of carbonyl (C=O) groups is 2. The quantitative estimate of drug-likeness (QED) is 0.567. The van der Waals surface area contributed by atoms with E-state index in [9.17, 15) is 18.0 Å². The van der Waals surface area contributed by atoms with E-state index in [0.29, 0.717) is 56.3 Å². The molecule has 1 aromatic carbocycles. The van der Waals surface area contributed by atoms with Crippen LogP contribution in [0.4, 0.5) is 0 Å². The maximum Gasteiger partial charge on any atom is 0.260 e. The number of rotatable bonds is 7. The Morgan fingerprint density at radius 2 is 1.68 bits per heavy atom. The second-order valence-corrected chi connectivity index (χ2v) is 11.4. The molecule has 0 unspecified atom stereocenters. The van der Waals surface area contributed by atoms with Crippen molar-refractivity contribution in [3.05, 3.63) is 23.8 Å². The largest absolute Gasteiger partial charge is 0.490 e. The molecule has 3 aliphatic heterocycles. The van der Waals surface area contributed by atoms with E-state index in [1.165, 1.54) is 0 Å². The van der Waals surface area contributed by atoms with E-state index in [1.54, 1.807) is 23.1 Å². The zero-order chi connectivity index (χ0) is 24.1. The molecule has 34 heavy (non-hydrogen) atoms. The Bertz CT molecular complexity index is 984. The van der Waals surface area contributed by atoms with Crippen LogP contribution in [0.2, 0.25) is 0 Å². The Labute approximate surface area is 201 Å². The lowest BCUT2D eigenvalue weighted by Crippen LogP contribution is -2.52. The third kappa shape index (κ3) is 6.02. The van der Waals surface area contributed by atoms with Crippen LogP contribution in [0.5, 0.6) is 11.5 Å². The number of benzene rings is 1. The molecule has 0 saturated carbocycles. The predicted molar refractivity (Wildman–Crippen MR) is 128 cm³/mol. The van der Waals surface area contributed by atoms with Crippen molar-refractivity contribution in [3.63, 3.8) is 0 Å². The minimum absolute atomic E-state index is 0.0322. The van der Waals surface area contributed by atoms with Crippen molar-refractivity contribution in [3.8, 4) is 11.5 Å². The van der Waals surface area contributed by atoms with Gasteiger partial charge in [-0.3, -0.25) is 14.5 Å². The van der Waals surface area contributed by atoms with Crippen LogP contribution in [0.1, 0.15) is 43.0 Å². The summed E-state index contributed by atoms with van der Waals surface area (Å²) in [4.78, 5) is 31.4. The zero-order valence-electron chi connectivity index (χ0n) is 19.9. The van der Waals surface area contributed by atoms with Crippen molar-refractivity contribution in [1.82, 2.24) is 14.7 Å². The molecule has 4 rings (SSSR count). The highest BCUT2D eigenvalue weighted by atomic mass is 32.2. The second kappa shape index (κ2) is 10.9. The second-order valence-electron chi connectivity index (χ2n) is 9.21. The van der Waals surface area contributed by atoms with Gasteiger partial charge in [-0.05, 0) is 50.8 Å². The van der Waals surface area contributed by atoms with E-state index in [2.05, 4.69) is 4.90 Å². The van der Waals surface area contributed by atoms with Gasteiger partial charge in [0.2, 0.25) is 0 Å². The summed E-state index contributed by atoms with van der Waals surface area (Å²) < 4.78 is 35.1. The van der Waals surface area contributed by atoms with E-state index >= 15 is 0 Å². The molecule has 3 heterocycles. The third-order valence-corrected chi connectivity index (χ3v) is 8.63. The highest BCUT2D eigenvalue weighted by molar-refractivity contribution is 7.91. The fraction of sp³-hybridized carbons (Fsp3) is 0.667. The molecule has 10 heteroatoms. The number of carbonyl (C=O) groups excluding carboxylic acids is 2. The highest BCUT2D eigenvalue weighted by Crippen LogP contribution is 2.29. The summed E-state index contributed by atoms with van der Waals surface area (Å²) in [5.74, 6) is 1.27. The maximum absolute atomic E-state index is 13.1. The minimum atomic E-state index is -2.92. The molecule has 0 bridgehead atoms. The van der Waals surface area contributed by atoms with Gasteiger partial charge in [0.25, 0.3) is 11.8 Å². The molecule has 3 aliphatic rings. The summed E-state index contributed by atoms with van der Waals surface area (Å²) in [6.07, 6.45) is 3.89. The number of amides is 2. The SMILES string of the molecule is CCOc1cc(C(=O)N2CCN([C@@H]3CCS(=O)(=O)C3)CC2)ccc1OCC(=O)N1CCCCC1. The predicted octanol–water partition coefficient (Wildman–Crippen LogP) is 1.42. The molecule has 0 spiro atoms. The topological polar surface area (TPSA) is 96.5 Å². The first kappa shape index (κ1) is 24.8. The average Bonchev–Trinajstić information content (AvgIpc) is 3.23. The van der Waals surface area contributed by atoms with Crippen molar-refractivity contribution < 1.29 is 27.5 Å². The fourth-order valence-corrected chi connectivity index (χ4v) is 6.70. The van der Waals surface area contributed by atoms with Crippen LogP contribution in [0.15, 0.2) is 18.2 Å². The van der Waals surface area contributed by atoms with Gasteiger partial charge in [0.15, 0.2) is 27.9 Å². The van der Waals surface area contributed by atoms with Crippen LogP contribution >= 0.6 is 0 Å². The van der Waals surface area contributed by atoms with Crippen molar-refractivity contribution >= 4 is 21.7 Å². The van der Waals surface area contributed by atoms with Gasteiger partial charge in [-0.25, -0.2) is 8.42 Å². The van der Waals surface area contributed by atoms with E-state index in [-0.39, 0.29) is 36.0 Å². The number of piperidine rings is 1. The molecule has 188 valence electrons. The van der Waals surface area contributed by atoms with Crippen molar-refractivity contribution in [2.45, 2.75) is 38.6 Å². The number of ether oxygens (including phenoxy) is 2. The van der Waals surface area contributed by atoms with Gasteiger partial charge >= 0.3 is 0 Å². The Morgan fingerprint density at radius 3 is 2.32 bits per heavy atom. The number of likely N-dealkylation sites (tertiary alicyclic amines) is 1. The highest BCUT2D eigenvalue weighted by Gasteiger charge is 2.34. The summed E-state index contributed by atoms with van der Waals surface area (Å²) in [7, 11) is -2.92. The molecule has 1 aromatic rings. The Balaban J connectivity index is 1.34. The molecule has 0 N–H and O–H groups in total. The lowest BCUT2D eigenvalue weighted by Gasteiger charge is -2.37. The van der Waals surface area contributed by atoms with Crippen LogP contribution in [0, 0.1) is 0 Å². The van der Waals surface area contributed by atoms with Crippen LogP contribution in [-0.2, 0) is 14.6 Å². The molecule has 0 radical (unpaired) electrons. The molecule has 2 amide bonds. The molecular formula is C24H35N3O6S. The molecule has 9 nitrogen and oxygen atoms in total. The van der Waals surface area contributed by atoms with Crippen molar-refractivity contribution in [2.24, 2.45) is 0 Å². The summed E-state index contributed by atoms with van der Waals surface area (Å²) >= 11 is 0. The molecule has 3 saturated heterocycles. The maximum atomic E-state index is 13.1. The molecular weight excluding hydrogens is 458 g/mol. The summed E-state index contributed by atoms with van der Waals surface area (Å²) in [5.41, 5.74) is 0.509. The zero-order valence-corrected chi connectivity index (χ0v) is 20.7. The van der Waals surface area contributed by atoms with Crippen LogP contribution < -0.4 is 9.47 Å². The van der Waals surface area contributed by atoms with E-state index in [4.69, 9.17) is 9.47 Å². The van der Waals surface area contributed by atoms with Gasteiger partial charge in [-0.1, -0.05) is 0 Å². The average molecular weight is 494 g/mol. The Morgan fingerprint density at radius 1 is 0.941 bits per heavy atom. The van der Waals surface area contributed by atoms with Crippen LogP contribution in [0.3, 0.4) is 0 Å². The van der Waals surface area contributed by atoms with Crippen molar-refractivity contribution in [2.75, 3.05) is 64.0 Å². The lowest BCUT2D eigenvalue weighted by atomic mass is 10.1. The third-order valence-electron chi connectivity index (χ3n) is 6.88. The number of nitrogens with zero attached hydrogens (tertiary/aromatic N) is 3. The summed E-state index contributed by atoms with van der Waals surface area (Å²) in [6, 6.07) is 5.15. The summed E-state index contributed by atoms with van der Waals surface area (Å²) in [6.45, 7) is 6.23. The summed E-state index contributed by atoms with van der Waals surface area (Å²) in [5, 5.41) is 0. The number of sulfone groups is 1. The first-order valence-electron chi connectivity index (χ1n) is 12.3. The smallest absolute Gasteiger partial charge is 0.260 e. The molecule has 1 atom stereocenters. The lowest BCUT2D eigenvalue weighted by molar-refractivity contribution is -0.134. The van der Waals surface area contributed by atoms with Gasteiger partial charge in [0.1, 0.15) is 0 Å². The fourth-order valence-electron chi connectivity index (χ4n) is 4.94. The number of hydrogen-bond acceptors (Lipinski definition) is 7. The van der Waals surface area contributed by atoms with Gasteiger partial charge in [0, 0.05) is 50.9 Å². The number of hydrogen-bond donors (Lipinski definition) is 0. The van der Waals surface area contributed by atoms with E-state index < -0.39 is 9.84 Å². The Hall–Kier alpha value is -2.33.